The number of rotatable bonds is 7. The molecule has 0 saturated carbocycles. The first-order valence-electron chi connectivity index (χ1n) is 10.3. The van der Waals surface area contributed by atoms with Gasteiger partial charge >= 0.3 is 0 Å². The molecule has 154 valence electrons. The maximum absolute atomic E-state index is 10.5. The number of hydrogen-bond donors (Lipinski definition) is 2. The Bertz CT molecular complexity index is 947. The number of aliphatic hydroxyl groups is 2. The van der Waals surface area contributed by atoms with Crippen LogP contribution in [0.5, 0.6) is 5.75 Å². The van der Waals surface area contributed by atoms with Gasteiger partial charge in [0.1, 0.15) is 18.5 Å². The first kappa shape index (κ1) is 19.9. The molecule has 1 aliphatic rings. The van der Waals surface area contributed by atoms with Crippen molar-refractivity contribution in [3.63, 3.8) is 0 Å². The first-order valence-corrected chi connectivity index (χ1v) is 10.3. The van der Waals surface area contributed by atoms with Gasteiger partial charge < -0.3 is 19.8 Å². The zero-order valence-corrected chi connectivity index (χ0v) is 16.9. The average Bonchev–Trinajstić information content (AvgIpc) is 3.18. The number of aliphatic hydroxyl groups excluding tert-OH is 2. The third-order valence-corrected chi connectivity index (χ3v) is 5.81. The van der Waals surface area contributed by atoms with Gasteiger partial charge in [-0.1, -0.05) is 24.3 Å². The van der Waals surface area contributed by atoms with Crippen molar-refractivity contribution in [1.29, 1.82) is 0 Å². The Hall–Kier alpha value is -2.41. The first-order chi connectivity index (χ1) is 14.1. The molecule has 0 amide bonds. The van der Waals surface area contributed by atoms with E-state index in [4.69, 9.17) is 4.74 Å². The van der Waals surface area contributed by atoms with Crippen LogP contribution in [-0.4, -0.2) is 63.8 Å². The molecule has 1 aromatic heterocycles. The van der Waals surface area contributed by atoms with E-state index in [0.29, 0.717) is 12.5 Å². The van der Waals surface area contributed by atoms with Gasteiger partial charge in [0.2, 0.25) is 0 Å². The summed E-state index contributed by atoms with van der Waals surface area (Å²) in [6.07, 6.45) is 3.22. The van der Waals surface area contributed by atoms with Crippen LogP contribution >= 0.6 is 0 Å². The van der Waals surface area contributed by atoms with Gasteiger partial charge in [-0.3, -0.25) is 4.68 Å². The van der Waals surface area contributed by atoms with Crippen LogP contribution in [0.2, 0.25) is 0 Å². The fourth-order valence-corrected chi connectivity index (χ4v) is 4.11. The molecule has 0 aliphatic carbocycles. The fourth-order valence-electron chi connectivity index (χ4n) is 4.11. The Kier molecular flexibility index (Phi) is 6.13. The zero-order valence-electron chi connectivity index (χ0n) is 16.9. The molecule has 1 saturated heterocycles. The summed E-state index contributed by atoms with van der Waals surface area (Å²) in [5, 5.41) is 26.3. The molecule has 0 radical (unpaired) electrons. The van der Waals surface area contributed by atoms with Gasteiger partial charge in [0, 0.05) is 32.0 Å². The second kappa shape index (κ2) is 8.95. The summed E-state index contributed by atoms with van der Waals surface area (Å²) in [5.74, 6) is 1.15. The maximum Gasteiger partial charge on any atom is 0.120 e. The van der Waals surface area contributed by atoms with Crippen molar-refractivity contribution in [2.75, 3.05) is 32.8 Å². The molecule has 3 aromatic rings. The number of nitrogens with zero attached hydrogens (tertiary/aromatic N) is 3. The van der Waals surface area contributed by atoms with Crippen molar-refractivity contribution in [2.45, 2.75) is 18.9 Å². The molecule has 29 heavy (non-hydrogen) atoms. The van der Waals surface area contributed by atoms with Gasteiger partial charge in [-0.15, -0.1) is 0 Å². The van der Waals surface area contributed by atoms with Crippen molar-refractivity contribution in [2.24, 2.45) is 13.0 Å². The number of hydrogen-bond acceptors (Lipinski definition) is 5. The summed E-state index contributed by atoms with van der Waals surface area (Å²) in [5.41, 5.74) is 2.10. The highest BCUT2D eigenvalue weighted by molar-refractivity contribution is 5.97. The normalized spacial score (nSPS) is 16.9. The quantitative estimate of drug-likeness (QED) is 0.644. The zero-order chi connectivity index (χ0) is 20.2. The lowest BCUT2D eigenvalue weighted by Crippen LogP contribution is -2.41. The summed E-state index contributed by atoms with van der Waals surface area (Å²) >= 11 is 0. The predicted molar refractivity (Wildman–Crippen MR) is 114 cm³/mol. The van der Waals surface area contributed by atoms with E-state index in [9.17, 15) is 10.2 Å². The van der Waals surface area contributed by atoms with Gasteiger partial charge in [-0.2, -0.15) is 5.10 Å². The number of β-amino-alcohol motifs (C(OH)–C–C–N with tert-alkyl or cyclic N) is 1. The predicted octanol–water partition coefficient (Wildman–Crippen LogP) is 2.68. The van der Waals surface area contributed by atoms with E-state index >= 15 is 0 Å². The number of benzene rings is 2. The molecule has 1 aliphatic heterocycles. The third kappa shape index (κ3) is 4.61. The van der Waals surface area contributed by atoms with Gasteiger partial charge in [0.25, 0.3) is 0 Å². The van der Waals surface area contributed by atoms with E-state index in [1.54, 1.807) is 6.20 Å². The molecular formula is C23H29N3O3. The van der Waals surface area contributed by atoms with Gasteiger partial charge in [0.15, 0.2) is 0 Å². The van der Waals surface area contributed by atoms with Crippen LogP contribution in [0.3, 0.4) is 0 Å². The van der Waals surface area contributed by atoms with Crippen LogP contribution in [0, 0.1) is 5.92 Å². The number of aryl methyl sites for hydroxylation is 1. The second-order valence-electron chi connectivity index (χ2n) is 7.92. The fraction of sp³-hybridized carbons (Fsp3) is 0.435. The smallest absolute Gasteiger partial charge is 0.120 e. The molecule has 2 heterocycles. The standard InChI is InChI=1S/C23H29N3O3/c1-25-23(6-9-24-25)22-13-20(12-18-4-2-3-5-21(18)22)29-16-19(28)14-26-10-7-17(15-27)8-11-26/h2-6,9,12-13,17,19,27-28H,7-8,10-11,14-16H2,1H3. The van der Waals surface area contributed by atoms with E-state index in [2.05, 4.69) is 22.1 Å². The van der Waals surface area contributed by atoms with E-state index in [1.807, 2.05) is 42.1 Å². The highest BCUT2D eigenvalue weighted by atomic mass is 16.5. The number of ether oxygens (including phenoxy) is 1. The molecule has 2 N–H and O–H groups in total. The van der Waals surface area contributed by atoms with E-state index in [1.165, 1.54) is 0 Å². The highest BCUT2D eigenvalue weighted by Crippen LogP contribution is 2.32. The van der Waals surface area contributed by atoms with Crippen molar-refractivity contribution in [1.82, 2.24) is 14.7 Å². The highest BCUT2D eigenvalue weighted by Gasteiger charge is 2.21. The van der Waals surface area contributed by atoms with Gasteiger partial charge in [-0.05, 0) is 60.8 Å². The van der Waals surface area contributed by atoms with Crippen LogP contribution in [0.4, 0.5) is 0 Å². The molecule has 0 bridgehead atoms. The number of aromatic nitrogens is 2. The molecule has 4 rings (SSSR count). The van der Waals surface area contributed by atoms with Crippen LogP contribution in [0.15, 0.2) is 48.7 Å². The summed E-state index contributed by atoms with van der Waals surface area (Å²) in [4.78, 5) is 2.25. The lowest BCUT2D eigenvalue weighted by atomic mass is 9.98. The lowest BCUT2D eigenvalue weighted by molar-refractivity contribution is 0.0489. The van der Waals surface area contributed by atoms with Crippen molar-refractivity contribution in [3.05, 3.63) is 48.7 Å². The Morgan fingerprint density at radius 2 is 1.97 bits per heavy atom. The number of likely N-dealkylation sites (tertiary alicyclic amines) is 1. The van der Waals surface area contributed by atoms with Crippen LogP contribution < -0.4 is 4.74 Å². The topological polar surface area (TPSA) is 70.8 Å². The minimum atomic E-state index is -0.549. The van der Waals surface area contributed by atoms with Crippen molar-refractivity contribution < 1.29 is 14.9 Å². The molecule has 1 fully saturated rings. The SMILES string of the molecule is Cn1nccc1-c1cc(OCC(O)CN2CCC(CO)CC2)cc2ccccc12. The van der Waals surface area contributed by atoms with Crippen molar-refractivity contribution >= 4 is 10.8 Å². The Morgan fingerprint density at radius 3 is 2.69 bits per heavy atom. The molecule has 2 aromatic carbocycles. The van der Waals surface area contributed by atoms with E-state index in [0.717, 1.165) is 53.7 Å². The van der Waals surface area contributed by atoms with Crippen LogP contribution in [-0.2, 0) is 7.05 Å². The third-order valence-electron chi connectivity index (χ3n) is 5.81. The monoisotopic (exact) mass is 395 g/mol. The minimum Gasteiger partial charge on any atom is -0.491 e. The molecule has 1 atom stereocenters. The number of piperidine rings is 1. The molecule has 1 unspecified atom stereocenters. The Morgan fingerprint density at radius 1 is 1.17 bits per heavy atom. The summed E-state index contributed by atoms with van der Waals surface area (Å²) in [7, 11) is 1.93. The minimum absolute atomic E-state index is 0.253. The molecule has 6 heteroatoms. The van der Waals surface area contributed by atoms with Gasteiger partial charge in [0.05, 0.1) is 5.69 Å². The number of fused-ring (bicyclic) bond motifs is 1. The van der Waals surface area contributed by atoms with E-state index in [-0.39, 0.29) is 13.2 Å². The molecular weight excluding hydrogens is 366 g/mol. The Labute approximate surface area is 171 Å². The van der Waals surface area contributed by atoms with Crippen LogP contribution in [0.1, 0.15) is 12.8 Å². The van der Waals surface area contributed by atoms with E-state index < -0.39 is 6.10 Å². The summed E-state index contributed by atoms with van der Waals surface area (Å²) < 4.78 is 7.85. The molecule has 6 nitrogen and oxygen atoms in total. The largest absolute Gasteiger partial charge is 0.491 e. The lowest BCUT2D eigenvalue weighted by Gasteiger charge is -2.32. The molecule has 0 spiro atoms. The summed E-state index contributed by atoms with van der Waals surface area (Å²) in [6.45, 7) is 2.95. The average molecular weight is 396 g/mol. The van der Waals surface area contributed by atoms with Crippen molar-refractivity contribution in [3.8, 4) is 17.0 Å². The Balaban J connectivity index is 1.45. The second-order valence-corrected chi connectivity index (χ2v) is 7.92. The van der Waals surface area contributed by atoms with Gasteiger partial charge in [-0.25, -0.2) is 0 Å². The summed E-state index contributed by atoms with van der Waals surface area (Å²) in [6, 6.07) is 14.3. The van der Waals surface area contributed by atoms with Crippen LogP contribution in [0.25, 0.3) is 22.0 Å². The maximum atomic E-state index is 10.5.